The van der Waals surface area contributed by atoms with E-state index in [1.807, 2.05) is 12.3 Å². The van der Waals surface area contributed by atoms with E-state index >= 15 is 0 Å². The van der Waals surface area contributed by atoms with Gasteiger partial charge in [0.05, 0.1) is 0 Å². The van der Waals surface area contributed by atoms with Gasteiger partial charge in [-0.1, -0.05) is 42.5 Å². The SMILES string of the molecule is CCN(c1cccc(C)c1)c1nccc(NCCCc2ccccc2)n1. The first-order valence-corrected chi connectivity index (χ1v) is 9.21. The zero-order valence-corrected chi connectivity index (χ0v) is 15.5. The molecule has 3 aromatic rings. The maximum atomic E-state index is 4.70. The van der Waals surface area contributed by atoms with E-state index in [9.17, 15) is 0 Å². The van der Waals surface area contributed by atoms with Crippen molar-refractivity contribution < 1.29 is 0 Å². The monoisotopic (exact) mass is 346 g/mol. The molecule has 0 spiro atoms. The van der Waals surface area contributed by atoms with Gasteiger partial charge >= 0.3 is 0 Å². The Hall–Kier alpha value is -2.88. The van der Waals surface area contributed by atoms with Crippen molar-refractivity contribution in [3.63, 3.8) is 0 Å². The predicted octanol–water partition coefficient (Wildman–Crippen LogP) is 4.99. The highest BCUT2D eigenvalue weighted by atomic mass is 15.3. The average Bonchev–Trinajstić information content (AvgIpc) is 2.67. The van der Waals surface area contributed by atoms with Crippen LogP contribution in [0.25, 0.3) is 0 Å². The molecule has 26 heavy (non-hydrogen) atoms. The van der Waals surface area contributed by atoms with Crippen LogP contribution >= 0.6 is 0 Å². The molecule has 0 radical (unpaired) electrons. The smallest absolute Gasteiger partial charge is 0.231 e. The van der Waals surface area contributed by atoms with E-state index in [-0.39, 0.29) is 0 Å². The Balaban J connectivity index is 1.62. The fourth-order valence-corrected chi connectivity index (χ4v) is 2.97. The summed E-state index contributed by atoms with van der Waals surface area (Å²) in [5.41, 5.74) is 3.72. The first-order valence-electron chi connectivity index (χ1n) is 9.21. The van der Waals surface area contributed by atoms with Gasteiger partial charge in [0.1, 0.15) is 5.82 Å². The molecule has 0 amide bonds. The van der Waals surface area contributed by atoms with Crippen LogP contribution in [0.4, 0.5) is 17.5 Å². The van der Waals surface area contributed by atoms with Crippen LogP contribution in [0.1, 0.15) is 24.5 Å². The largest absolute Gasteiger partial charge is 0.370 e. The van der Waals surface area contributed by atoms with Crippen LogP contribution < -0.4 is 10.2 Å². The normalized spacial score (nSPS) is 10.5. The topological polar surface area (TPSA) is 41.1 Å². The molecule has 134 valence electrons. The standard InChI is InChI=1S/C22H26N4/c1-3-26(20-13-7-9-18(2)17-20)22-24-16-14-21(25-22)23-15-8-12-19-10-5-4-6-11-19/h4-7,9-11,13-14,16-17H,3,8,12,15H2,1-2H3,(H,23,24,25). The van der Waals surface area contributed by atoms with Crippen molar-refractivity contribution in [1.82, 2.24) is 9.97 Å². The summed E-state index contributed by atoms with van der Waals surface area (Å²) >= 11 is 0. The van der Waals surface area contributed by atoms with Crippen LogP contribution in [0, 0.1) is 6.92 Å². The molecule has 0 saturated heterocycles. The van der Waals surface area contributed by atoms with Crippen molar-refractivity contribution in [2.24, 2.45) is 0 Å². The molecule has 1 aromatic heterocycles. The number of nitrogens with one attached hydrogen (secondary N) is 1. The van der Waals surface area contributed by atoms with Gasteiger partial charge in [0.15, 0.2) is 0 Å². The van der Waals surface area contributed by atoms with Crippen molar-refractivity contribution >= 4 is 17.5 Å². The van der Waals surface area contributed by atoms with Crippen LogP contribution in [-0.4, -0.2) is 23.1 Å². The molecule has 0 aliphatic carbocycles. The fourth-order valence-electron chi connectivity index (χ4n) is 2.97. The van der Waals surface area contributed by atoms with Crippen molar-refractivity contribution in [3.8, 4) is 0 Å². The molecule has 0 aliphatic heterocycles. The Morgan fingerprint density at radius 3 is 2.62 bits per heavy atom. The van der Waals surface area contributed by atoms with Gasteiger partial charge in [-0.15, -0.1) is 0 Å². The third kappa shape index (κ3) is 4.82. The zero-order chi connectivity index (χ0) is 18.2. The van der Waals surface area contributed by atoms with E-state index in [1.54, 1.807) is 0 Å². The van der Waals surface area contributed by atoms with E-state index < -0.39 is 0 Å². The number of aromatic nitrogens is 2. The van der Waals surface area contributed by atoms with E-state index in [1.165, 1.54) is 11.1 Å². The molecule has 1 heterocycles. The summed E-state index contributed by atoms with van der Waals surface area (Å²) in [5, 5.41) is 3.42. The zero-order valence-electron chi connectivity index (χ0n) is 15.5. The predicted molar refractivity (Wildman–Crippen MR) is 109 cm³/mol. The minimum Gasteiger partial charge on any atom is -0.370 e. The summed E-state index contributed by atoms with van der Waals surface area (Å²) in [6.07, 6.45) is 3.95. The van der Waals surface area contributed by atoms with Crippen LogP contribution in [0.5, 0.6) is 0 Å². The molecule has 4 heteroatoms. The van der Waals surface area contributed by atoms with Gasteiger partial charge in [-0.3, -0.25) is 0 Å². The second kappa shape index (κ2) is 8.99. The lowest BCUT2D eigenvalue weighted by molar-refractivity contribution is 0.855. The summed E-state index contributed by atoms with van der Waals surface area (Å²) in [6, 6.07) is 20.9. The van der Waals surface area contributed by atoms with E-state index in [2.05, 4.69) is 83.6 Å². The highest BCUT2D eigenvalue weighted by molar-refractivity contribution is 5.59. The Kier molecular flexibility index (Phi) is 6.20. The maximum Gasteiger partial charge on any atom is 0.231 e. The number of anilines is 3. The fraction of sp³-hybridized carbons (Fsp3) is 0.273. The quantitative estimate of drug-likeness (QED) is 0.584. The molecule has 2 aromatic carbocycles. The van der Waals surface area contributed by atoms with E-state index in [4.69, 9.17) is 4.98 Å². The maximum absolute atomic E-state index is 4.70. The molecule has 4 nitrogen and oxygen atoms in total. The van der Waals surface area contributed by atoms with Crippen LogP contribution in [0.3, 0.4) is 0 Å². The highest BCUT2D eigenvalue weighted by Crippen LogP contribution is 2.23. The van der Waals surface area contributed by atoms with Gasteiger partial charge in [-0.25, -0.2) is 4.98 Å². The third-order valence-electron chi connectivity index (χ3n) is 4.31. The number of nitrogens with zero attached hydrogens (tertiary/aromatic N) is 3. The van der Waals surface area contributed by atoms with Crippen LogP contribution in [0.15, 0.2) is 66.9 Å². The summed E-state index contributed by atoms with van der Waals surface area (Å²) in [5.74, 6) is 1.60. The lowest BCUT2D eigenvalue weighted by Crippen LogP contribution is -2.19. The van der Waals surface area contributed by atoms with Gasteiger partial charge in [0, 0.05) is 25.0 Å². The summed E-state index contributed by atoms with van der Waals surface area (Å²) in [4.78, 5) is 11.3. The van der Waals surface area contributed by atoms with Crippen molar-refractivity contribution in [2.45, 2.75) is 26.7 Å². The Bertz CT molecular complexity index is 817. The summed E-state index contributed by atoms with van der Waals surface area (Å²) in [6.45, 7) is 5.93. The lowest BCUT2D eigenvalue weighted by atomic mass is 10.1. The first-order chi connectivity index (χ1) is 12.8. The summed E-state index contributed by atoms with van der Waals surface area (Å²) in [7, 11) is 0. The Labute approximate surface area is 155 Å². The van der Waals surface area contributed by atoms with Crippen LogP contribution in [-0.2, 0) is 6.42 Å². The van der Waals surface area contributed by atoms with Gasteiger partial charge in [0.2, 0.25) is 5.95 Å². The van der Waals surface area contributed by atoms with Crippen molar-refractivity contribution in [1.29, 1.82) is 0 Å². The molecular formula is C22H26N4. The Morgan fingerprint density at radius 1 is 1.00 bits per heavy atom. The number of rotatable bonds is 8. The molecule has 0 aliphatic rings. The van der Waals surface area contributed by atoms with Crippen molar-refractivity contribution in [3.05, 3.63) is 78.0 Å². The molecule has 0 saturated carbocycles. The third-order valence-corrected chi connectivity index (χ3v) is 4.31. The second-order valence-electron chi connectivity index (χ2n) is 6.34. The number of hydrogen-bond acceptors (Lipinski definition) is 4. The molecular weight excluding hydrogens is 320 g/mol. The van der Waals surface area contributed by atoms with Gasteiger partial charge in [0.25, 0.3) is 0 Å². The molecule has 0 atom stereocenters. The molecule has 3 rings (SSSR count). The minimum absolute atomic E-state index is 0.728. The summed E-state index contributed by atoms with van der Waals surface area (Å²) < 4.78 is 0. The first kappa shape index (κ1) is 17.9. The Morgan fingerprint density at radius 2 is 1.85 bits per heavy atom. The molecule has 0 fully saturated rings. The van der Waals surface area contributed by atoms with E-state index in [0.717, 1.165) is 43.4 Å². The highest BCUT2D eigenvalue weighted by Gasteiger charge is 2.10. The van der Waals surface area contributed by atoms with Gasteiger partial charge in [-0.2, -0.15) is 4.98 Å². The number of hydrogen-bond donors (Lipinski definition) is 1. The lowest BCUT2D eigenvalue weighted by Gasteiger charge is -2.21. The average molecular weight is 346 g/mol. The minimum atomic E-state index is 0.728. The van der Waals surface area contributed by atoms with E-state index in [0.29, 0.717) is 0 Å². The number of aryl methyl sites for hydroxylation is 2. The van der Waals surface area contributed by atoms with Gasteiger partial charge in [-0.05, 0) is 56.0 Å². The molecule has 1 N–H and O–H groups in total. The van der Waals surface area contributed by atoms with Crippen LogP contribution in [0.2, 0.25) is 0 Å². The second-order valence-corrected chi connectivity index (χ2v) is 6.34. The molecule has 0 unspecified atom stereocenters. The van der Waals surface area contributed by atoms with Gasteiger partial charge < -0.3 is 10.2 Å². The number of benzene rings is 2. The van der Waals surface area contributed by atoms with Crippen molar-refractivity contribution in [2.75, 3.05) is 23.3 Å². The molecule has 0 bridgehead atoms.